The molecule has 0 bridgehead atoms. The first-order valence-corrected chi connectivity index (χ1v) is 29.0. The molecular formula is C59H104O12. The van der Waals surface area contributed by atoms with Gasteiger partial charge in [0.1, 0.15) is 18.8 Å². The van der Waals surface area contributed by atoms with Gasteiger partial charge in [-0.05, 0) is 51.4 Å². The molecule has 1 rings (SSSR count). The van der Waals surface area contributed by atoms with E-state index in [1.54, 1.807) is 0 Å². The highest BCUT2D eigenvalue weighted by molar-refractivity contribution is 5.74. The summed E-state index contributed by atoms with van der Waals surface area (Å²) in [5, 5.41) is 31.4. The SMILES string of the molecule is CC/C=C\C/C=C\C/C=C\CCCCCCCC(=O)OCC(COC1OC(C(=O)O)C(O)C(O)C1OC(=O)CCCCCCCCCCCCCCCCCCC)OC(=O)CCCCCCCCCCC. The predicted molar refractivity (Wildman–Crippen MR) is 285 cm³/mol. The number of hydrogen-bond donors (Lipinski definition) is 3. The molecule has 12 nitrogen and oxygen atoms in total. The normalized spacial score (nSPS) is 18.7. The van der Waals surface area contributed by atoms with Gasteiger partial charge in [-0.3, -0.25) is 14.4 Å². The van der Waals surface area contributed by atoms with Crippen molar-refractivity contribution in [1.82, 2.24) is 0 Å². The van der Waals surface area contributed by atoms with Crippen molar-refractivity contribution < 1.29 is 58.2 Å². The van der Waals surface area contributed by atoms with Crippen LogP contribution in [0.1, 0.15) is 265 Å². The summed E-state index contributed by atoms with van der Waals surface area (Å²) in [6.07, 6.45) is 42.7. The van der Waals surface area contributed by atoms with Gasteiger partial charge in [-0.2, -0.15) is 0 Å². The molecule has 0 spiro atoms. The lowest BCUT2D eigenvalue weighted by atomic mass is 9.98. The number of allylic oxidation sites excluding steroid dienone is 6. The third-order valence-electron chi connectivity index (χ3n) is 13.2. The molecule has 0 aromatic heterocycles. The standard InChI is InChI=1S/C59H104O12/c1-4-7-10-13-16-19-21-23-25-26-28-30-32-35-38-41-44-47-53(62)70-57-55(64)54(63)56(58(65)66)71-59(57)68-49-50(69-52(61)46-43-40-37-33-18-15-12-9-6-3)48-67-51(60)45-42-39-36-34-31-29-27-24-22-20-17-14-11-8-5-2/h8,11,17,20,24,27,50,54-57,59,63-64H,4-7,9-10,12-16,18-19,21-23,25-26,28-49H2,1-3H3,(H,65,66)/b11-8-,20-17-,27-24-. The number of aliphatic hydroxyl groups excluding tert-OH is 2. The number of hydrogen-bond acceptors (Lipinski definition) is 11. The molecule has 1 heterocycles. The molecule has 0 saturated carbocycles. The molecule has 0 aliphatic carbocycles. The van der Waals surface area contributed by atoms with Crippen molar-refractivity contribution in [3.63, 3.8) is 0 Å². The van der Waals surface area contributed by atoms with E-state index in [4.69, 9.17) is 23.7 Å². The summed E-state index contributed by atoms with van der Waals surface area (Å²) in [5.41, 5.74) is 0. The Labute approximate surface area is 431 Å². The fraction of sp³-hybridized carbons (Fsp3) is 0.831. The predicted octanol–water partition coefficient (Wildman–Crippen LogP) is 14.5. The van der Waals surface area contributed by atoms with E-state index in [2.05, 4.69) is 57.2 Å². The lowest BCUT2D eigenvalue weighted by Crippen LogP contribution is -2.61. The first-order chi connectivity index (χ1) is 34.6. The topological polar surface area (TPSA) is 175 Å². The van der Waals surface area contributed by atoms with Crippen LogP contribution in [0, 0.1) is 0 Å². The zero-order valence-electron chi connectivity index (χ0n) is 45.2. The molecule has 412 valence electrons. The summed E-state index contributed by atoms with van der Waals surface area (Å²) in [5.74, 6) is -3.12. The van der Waals surface area contributed by atoms with Crippen LogP contribution in [-0.2, 0) is 42.9 Å². The quantitative estimate of drug-likeness (QED) is 0.0228. The second-order valence-electron chi connectivity index (χ2n) is 19.9. The molecule has 3 N–H and O–H groups in total. The van der Waals surface area contributed by atoms with Crippen molar-refractivity contribution in [3.8, 4) is 0 Å². The Morgan fingerprint density at radius 3 is 1.35 bits per heavy atom. The molecule has 6 unspecified atom stereocenters. The lowest BCUT2D eigenvalue weighted by Gasteiger charge is -2.40. The third-order valence-corrected chi connectivity index (χ3v) is 13.2. The van der Waals surface area contributed by atoms with Crippen LogP contribution in [0.3, 0.4) is 0 Å². The van der Waals surface area contributed by atoms with E-state index >= 15 is 0 Å². The van der Waals surface area contributed by atoms with Crippen molar-refractivity contribution in [1.29, 1.82) is 0 Å². The summed E-state index contributed by atoms with van der Waals surface area (Å²) in [4.78, 5) is 50.9. The monoisotopic (exact) mass is 1000 g/mol. The molecular weight excluding hydrogens is 901 g/mol. The van der Waals surface area contributed by atoms with Crippen LogP contribution >= 0.6 is 0 Å². The highest BCUT2D eigenvalue weighted by Gasteiger charge is 2.50. The van der Waals surface area contributed by atoms with Crippen LogP contribution in [0.4, 0.5) is 0 Å². The average Bonchev–Trinajstić information content (AvgIpc) is 3.35. The van der Waals surface area contributed by atoms with Crippen LogP contribution in [0.25, 0.3) is 0 Å². The maximum atomic E-state index is 13.0. The number of carbonyl (C=O) groups is 4. The van der Waals surface area contributed by atoms with E-state index in [1.807, 2.05) is 0 Å². The van der Waals surface area contributed by atoms with Gasteiger partial charge in [0.05, 0.1) is 6.61 Å². The van der Waals surface area contributed by atoms with Crippen LogP contribution in [0.2, 0.25) is 0 Å². The summed E-state index contributed by atoms with van der Waals surface area (Å²) in [7, 11) is 0. The maximum Gasteiger partial charge on any atom is 0.335 e. The number of carboxylic acids is 1. The van der Waals surface area contributed by atoms with Crippen molar-refractivity contribution in [2.24, 2.45) is 0 Å². The fourth-order valence-corrected chi connectivity index (χ4v) is 8.80. The van der Waals surface area contributed by atoms with Crippen LogP contribution in [0.15, 0.2) is 36.5 Å². The number of rotatable bonds is 49. The smallest absolute Gasteiger partial charge is 0.335 e. The minimum absolute atomic E-state index is 0.0647. The van der Waals surface area contributed by atoms with Gasteiger partial charge in [-0.1, -0.05) is 231 Å². The maximum absolute atomic E-state index is 13.0. The van der Waals surface area contributed by atoms with E-state index in [9.17, 15) is 34.5 Å². The lowest BCUT2D eigenvalue weighted by molar-refractivity contribution is -0.301. The number of aliphatic carboxylic acids is 1. The van der Waals surface area contributed by atoms with Crippen LogP contribution in [0.5, 0.6) is 0 Å². The Hall–Kier alpha value is -3.06. The second kappa shape index (κ2) is 47.9. The zero-order valence-corrected chi connectivity index (χ0v) is 45.2. The minimum atomic E-state index is -1.90. The van der Waals surface area contributed by atoms with Gasteiger partial charge in [-0.25, -0.2) is 4.79 Å². The Bertz CT molecular complexity index is 1380. The van der Waals surface area contributed by atoms with Crippen molar-refractivity contribution in [3.05, 3.63) is 36.5 Å². The van der Waals surface area contributed by atoms with Gasteiger partial charge in [0.15, 0.2) is 24.6 Å². The molecule has 1 fully saturated rings. The van der Waals surface area contributed by atoms with E-state index in [0.29, 0.717) is 19.3 Å². The average molecular weight is 1010 g/mol. The highest BCUT2D eigenvalue weighted by Crippen LogP contribution is 2.26. The fourth-order valence-electron chi connectivity index (χ4n) is 8.80. The van der Waals surface area contributed by atoms with Gasteiger partial charge < -0.3 is 39.0 Å². The van der Waals surface area contributed by atoms with Gasteiger partial charge in [0.25, 0.3) is 0 Å². The first-order valence-electron chi connectivity index (χ1n) is 29.0. The largest absolute Gasteiger partial charge is 0.479 e. The van der Waals surface area contributed by atoms with E-state index in [-0.39, 0.29) is 25.9 Å². The van der Waals surface area contributed by atoms with Gasteiger partial charge in [0, 0.05) is 19.3 Å². The molecule has 0 aromatic carbocycles. The molecule has 1 aliphatic rings. The number of carboxylic acid groups (broad SMARTS) is 1. The molecule has 1 aliphatic heterocycles. The second-order valence-corrected chi connectivity index (χ2v) is 19.9. The molecule has 0 radical (unpaired) electrons. The zero-order chi connectivity index (χ0) is 51.8. The summed E-state index contributed by atoms with van der Waals surface area (Å²) >= 11 is 0. The molecule has 1 saturated heterocycles. The molecule has 0 aromatic rings. The molecule has 71 heavy (non-hydrogen) atoms. The van der Waals surface area contributed by atoms with Crippen molar-refractivity contribution >= 4 is 23.9 Å². The molecule has 6 atom stereocenters. The minimum Gasteiger partial charge on any atom is -0.479 e. The van der Waals surface area contributed by atoms with Gasteiger partial charge >= 0.3 is 23.9 Å². The van der Waals surface area contributed by atoms with Crippen LogP contribution in [-0.4, -0.2) is 89.2 Å². The Balaban J connectivity index is 2.65. The number of aliphatic hydroxyl groups is 2. The van der Waals surface area contributed by atoms with Crippen molar-refractivity contribution in [2.75, 3.05) is 13.2 Å². The van der Waals surface area contributed by atoms with Crippen LogP contribution < -0.4 is 0 Å². The summed E-state index contributed by atoms with van der Waals surface area (Å²) in [6, 6.07) is 0. The van der Waals surface area contributed by atoms with Crippen molar-refractivity contribution in [2.45, 2.75) is 302 Å². The number of unbranched alkanes of at least 4 members (excludes halogenated alkanes) is 29. The van der Waals surface area contributed by atoms with E-state index in [0.717, 1.165) is 89.9 Å². The summed E-state index contributed by atoms with van der Waals surface area (Å²) < 4.78 is 28.4. The van der Waals surface area contributed by atoms with Gasteiger partial charge in [0.2, 0.25) is 0 Å². The third kappa shape index (κ3) is 38.2. The molecule has 12 heteroatoms. The van der Waals surface area contributed by atoms with E-state index in [1.165, 1.54) is 116 Å². The van der Waals surface area contributed by atoms with Gasteiger partial charge in [-0.15, -0.1) is 0 Å². The molecule has 0 amide bonds. The number of ether oxygens (including phenoxy) is 5. The Kier molecular flexibility index (Phi) is 44.5. The Morgan fingerprint density at radius 2 is 0.887 bits per heavy atom. The van der Waals surface area contributed by atoms with E-state index < -0.39 is 67.3 Å². The first kappa shape index (κ1) is 66.0. The Morgan fingerprint density at radius 1 is 0.479 bits per heavy atom. The highest BCUT2D eigenvalue weighted by atomic mass is 16.7. The number of carbonyl (C=O) groups excluding carboxylic acids is 3. The summed E-state index contributed by atoms with van der Waals surface area (Å²) in [6.45, 7) is 5.86. The number of esters is 3.